The lowest BCUT2D eigenvalue weighted by Crippen LogP contribution is -2.54. The Labute approximate surface area is 102 Å². The summed E-state index contributed by atoms with van der Waals surface area (Å²) in [5.41, 5.74) is 1.31. The van der Waals surface area contributed by atoms with Crippen molar-refractivity contribution in [2.24, 2.45) is 0 Å². The zero-order valence-corrected chi connectivity index (χ0v) is 10.4. The van der Waals surface area contributed by atoms with Crippen molar-refractivity contribution in [2.75, 3.05) is 5.32 Å². The summed E-state index contributed by atoms with van der Waals surface area (Å²) in [4.78, 5) is 0. The van der Waals surface area contributed by atoms with E-state index in [4.69, 9.17) is 12.2 Å². The predicted molar refractivity (Wildman–Crippen MR) is 72.7 cm³/mol. The fourth-order valence-electron chi connectivity index (χ4n) is 2.10. The standard InChI is InChI=1S/C13H18N2S/c1-2-13(9-6-10-13)15-12(16)14-11-7-4-3-5-8-11/h3-5,7-8H,2,6,9-10H2,1H3,(H2,14,15,16). The van der Waals surface area contributed by atoms with Crippen LogP contribution in [0, 0.1) is 0 Å². The molecule has 0 saturated heterocycles. The molecule has 2 rings (SSSR count). The summed E-state index contributed by atoms with van der Waals surface area (Å²) in [7, 11) is 0. The summed E-state index contributed by atoms with van der Waals surface area (Å²) < 4.78 is 0. The van der Waals surface area contributed by atoms with Gasteiger partial charge in [-0.15, -0.1) is 0 Å². The molecule has 0 heterocycles. The molecule has 0 aromatic heterocycles. The normalized spacial score (nSPS) is 17.3. The second kappa shape index (κ2) is 4.83. The third-order valence-corrected chi connectivity index (χ3v) is 3.60. The van der Waals surface area contributed by atoms with Crippen molar-refractivity contribution in [3.63, 3.8) is 0 Å². The van der Waals surface area contributed by atoms with Gasteiger partial charge in [0.2, 0.25) is 0 Å². The van der Waals surface area contributed by atoms with E-state index < -0.39 is 0 Å². The van der Waals surface area contributed by atoms with Crippen molar-refractivity contribution in [3.8, 4) is 0 Å². The molecule has 0 spiro atoms. The van der Waals surface area contributed by atoms with Gasteiger partial charge in [0, 0.05) is 11.2 Å². The van der Waals surface area contributed by atoms with E-state index in [1.165, 1.54) is 19.3 Å². The van der Waals surface area contributed by atoms with E-state index in [1.54, 1.807) is 0 Å². The number of hydrogen-bond donors (Lipinski definition) is 2. The number of para-hydroxylation sites is 1. The van der Waals surface area contributed by atoms with Crippen molar-refractivity contribution in [3.05, 3.63) is 30.3 Å². The minimum Gasteiger partial charge on any atom is -0.357 e. The highest BCUT2D eigenvalue weighted by Gasteiger charge is 2.35. The zero-order valence-electron chi connectivity index (χ0n) is 9.62. The Morgan fingerprint density at radius 2 is 2.00 bits per heavy atom. The molecule has 0 amide bonds. The Balaban J connectivity index is 1.89. The number of anilines is 1. The molecular formula is C13H18N2S. The average Bonchev–Trinajstić information content (AvgIpc) is 2.25. The molecule has 0 aliphatic heterocycles. The zero-order chi connectivity index (χ0) is 11.4. The van der Waals surface area contributed by atoms with Gasteiger partial charge in [-0.05, 0) is 50.0 Å². The van der Waals surface area contributed by atoms with Crippen molar-refractivity contribution < 1.29 is 0 Å². The molecule has 0 unspecified atom stereocenters. The number of benzene rings is 1. The number of rotatable bonds is 3. The quantitative estimate of drug-likeness (QED) is 0.785. The molecule has 1 fully saturated rings. The molecule has 1 aromatic rings. The lowest BCUT2D eigenvalue weighted by atomic mass is 9.75. The minimum atomic E-state index is 0.263. The van der Waals surface area contributed by atoms with Crippen LogP contribution in [0.1, 0.15) is 32.6 Å². The lowest BCUT2D eigenvalue weighted by Gasteiger charge is -2.42. The molecule has 16 heavy (non-hydrogen) atoms. The van der Waals surface area contributed by atoms with Gasteiger partial charge in [0.05, 0.1) is 0 Å². The maximum atomic E-state index is 5.33. The molecule has 0 atom stereocenters. The Hall–Kier alpha value is -1.09. The number of nitrogens with one attached hydrogen (secondary N) is 2. The molecule has 1 aliphatic carbocycles. The van der Waals surface area contributed by atoms with Gasteiger partial charge in [-0.1, -0.05) is 25.1 Å². The van der Waals surface area contributed by atoms with E-state index >= 15 is 0 Å². The highest BCUT2D eigenvalue weighted by molar-refractivity contribution is 7.80. The van der Waals surface area contributed by atoms with E-state index in [0.29, 0.717) is 0 Å². The third kappa shape index (κ3) is 2.53. The Bertz CT molecular complexity index is 352. The van der Waals surface area contributed by atoms with Crippen LogP contribution in [-0.2, 0) is 0 Å². The van der Waals surface area contributed by atoms with E-state index in [9.17, 15) is 0 Å². The first kappa shape index (κ1) is 11.4. The van der Waals surface area contributed by atoms with Crippen LogP contribution in [0.3, 0.4) is 0 Å². The molecule has 0 bridgehead atoms. The largest absolute Gasteiger partial charge is 0.357 e. The second-order valence-corrected chi connectivity index (χ2v) is 4.84. The van der Waals surface area contributed by atoms with Crippen LogP contribution >= 0.6 is 12.2 Å². The van der Waals surface area contributed by atoms with Gasteiger partial charge in [-0.25, -0.2) is 0 Å². The first-order valence-corrected chi connectivity index (χ1v) is 6.29. The summed E-state index contributed by atoms with van der Waals surface area (Å²) >= 11 is 5.33. The first-order valence-electron chi connectivity index (χ1n) is 5.88. The molecule has 2 nitrogen and oxygen atoms in total. The van der Waals surface area contributed by atoms with Crippen molar-refractivity contribution >= 4 is 23.0 Å². The topological polar surface area (TPSA) is 24.1 Å². The monoisotopic (exact) mass is 234 g/mol. The van der Waals surface area contributed by atoms with Gasteiger partial charge in [-0.2, -0.15) is 0 Å². The van der Waals surface area contributed by atoms with Crippen LogP contribution in [-0.4, -0.2) is 10.7 Å². The Morgan fingerprint density at radius 1 is 1.31 bits per heavy atom. The molecule has 0 radical (unpaired) electrons. The van der Waals surface area contributed by atoms with Gasteiger partial charge >= 0.3 is 0 Å². The maximum absolute atomic E-state index is 5.33. The van der Waals surface area contributed by atoms with Gasteiger partial charge < -0.3 is 10.6 Å². The van der Waals surface area contributed by atoms with Crippen LogP contribution in [0.15, 0.2) is 30.3 Å². The Morgan fingerprint density at radius 3 is 2.50 bits per heavy atom. The fraction of sp³-hybridized carbons (Fsp3) is 0.462. The van der Waals surface area contributed by atoms with Crippen molar-refractivity contribution in [1.29, 1.82) is 0 Å². The lowest BCUT2D eigenvalue weighted by molar-refractivity contribution is 0.211. The molecule has 2 N–H and O–H groups in total. The summed E-state index contributed by atoms with van der Waals surface area (Å²) in [6, 6.07) is 10.1. The van der Waals surface area contributed by atoms with E-state index in [-0.39, 0.29) is 5.54 Å². The molecule has 1 aliphatic rings. The second-order valence-electron chi connectivity index (χ2n) is 4.43. The van der Waals surface area contributed by atoms with Crippen LogP contribution in [0.25, 0.3) is 0 Å². The van der Waals surface area contributed by atoms with E-state index in [2.05, 4.69) is 17.6 Å². The summed E-state index contributed by atoms with van der Waals surface area (Å²) in [6.45, 7) is 2.22. The van der Waals surface area contributed by atoms with Gasteiger partial charge in [0.25, 0.3) is 0 Å². The van der Waals surface area contributed by atoms with Gasteiger partial charge in [0.1, 0.15) is 0 Å². The van der Waals surface area contributed by atoms with Gasteiger partial charge in [-0.3, -0.25) is 0 Å². The molecule has 86 valence electrons. The minimum absolute atomic E-state index is 0.263. The molecule has 1 saturated carbocycles. The summed E-state index contributed by atoms with van der Waals surface area (Å²) in [6.07, 6.45) is 4.93. The average molecular weight is 234 g/mol. The first-order chi connectivity index (χ1) is 7.74. The molecule has 1 aromatic carbocycles. The van der Waals surface area contributed by atoms with E-state index in [1.807, 2.05) is 30.3 Å². The van der Waals surface area contributed by atoms with Crippen LogP contribution in [0.4, 0.5) is 5.69 Å². The Kier molecular flexibility index (Phi) is 3.44. The van der Waals surface area contributed by atoms with Crippen LogP contribution < -0.4 is 10.6 Å². The highest BCUT2D eigenvalue weighted by atomic mass is 32.1. The maximum Gasteiger partial charge on any atom is 0.171 e. The molecular weight excluding hydrogens is 216 g/mol. The highest BCUT2D eigenvalue weighted by Crippen LogP contribution is 2.34. The number of thiocarbonyl (C=S) groups is 1. The van der Waals surface area contributed by atoms with E-state index in [0.717, 1.165) is 17.2 Å². The number of hydrogen-bond acceptors (Lipinski definition) is 1. The van der Waals surface area contributed by atoms with Crippen molar-refractivity contribution in [1.82, 2.24) is 5.32 Å². The molecule has 3 heteroatoms. The predicted octanol–water partition coefficient (Wildman–Crippen LogP) is 3.31. The smallest absolute Gasteiger partial charge is 0.171 e. The summed E-state index contributed by atoms with van der Waals surface area (Å²) in [5, 5.41) is 7.41. The fourth-order valence-corrected chi connectivity index (χ4v) is 2.43. The van der Waals surface area contributed by atoms with Crippen LogP contribution in [0.2, 0.25) is 0 Å². The third-order valence-electron chi connectivity index (χ3n) is 3.40. The van der Waals surface area contributed by atoms with Gasteiger partial charge in [0.15, 0.2) is 5.11 Å². The van der Waals surface area contributed by atoms with Crippen LogP contribution in [0.5, 0.6) is 0 Å². The van der Waals surface area contributed by atoms with Crippen molar-refractivity contribution in [2.45, 2.75) is 38.1 Å². The SMILES string of the molecule is CCC1(NC(=S)Nc2ccccc2)CCC1. The summed E-state index contributed by atoms with van der Waals surface area (Å²) in [5.74, 6) is 0.